The zero-order chi connectivity index (χ0) is 14.1. The molecule has 0 aliphatic carbocycles. The summed E-state index contributed by atoms with van der Waals surface area (Å²) in [6, 6.07) is -0.759. The van der Waals surface area contributed by atoms with Gasteiger partial charge in [-0.3, -0.25) is 4.79 Å². The molecule has 0 aromatic rings. The van der Waals surface area contributed by atoms with E-state index in [0.29, 0.717) is 19.6 Å². The van der Waals surface area contributed by atoms with E-state index in [-0.39, 0.29) is 18.9 Å². The minimum Gasteiger partial charge on any atom is -0.396 e. The summed E-state index contributed by atoms with van der Waals surface area (Å²) in [6.07, 6.45) is 5.19. The number of hydrogen-bond acceptors (Lipinski definition) is 6. The van der Waals surface area contributed by atoms with Gasteiger partial charge in [0.2, 0.25) is 5.91 Å². The van der Waals surface area contributed by atoms with E-state index >= 15 is 0 Å². The second-order valence-electron chi connectivity index (χ2n) is 4.15. The van der Waals surface area contributed by atoms with Crippen molar-refractivity contribution in [3.05, 3.63) is 12.7 Å². The van der Waals surface area contributed by atoms with Crippen LogP contribution in [0.5, 0.6) is 0 Å². The molecular formula is C12H20N4O3. The van der Waals surface area contributed by atoms with Crippen molar-refractivity contribution in [3.8, 4) is 0 Å². The molecule has 1 rings (SSSR count). The predicted octanol–water partition coefficient (Wildman–Crippen LogP) is -0.786. The lowest BCUT2D eigenvalue weighted by Crippen LogP contribution is -2.47. The van der Waals surface area contributed by atoms with Gasteiger partial charge in [-0.25, -0.2) is 9.98 Å². The van der Waals surface area contributed by atoms with Gasteiger partial charge in [-0.05, 0) is 6.42 Å². The Morgan fingerprint density at radius 3 is 3.05 bits per heavy atom. The fourth-order valence-electron chi connectivity index (χ4n) is 1.59. The van der Waals surface area contributed by atoms with Crippen LogP contribution in [-0.4, -0.2) is 55.1 Å². The number of hydrogen-bond donors (Lipinski definition) is 3. The number of aliphatic imine (C=N–C) groups is 2. The maximum Gasteiger partial charge on any atom is 0.237 e. The topological polar surface area (TPSA) is 109 Å². The van der Waals surface area contributed by atoms with Gasteiger partial charge in [0.25, 0.3) is 0 Å². The van der Waals surface area contributed by atoms with Crippen molar-refractivity contribution in [2.45, 2.75) is 24.6 Å². The monoisotopic (exact) mass is 268 g/mol. The Balaban J connectivity index is 2.50. The smallest absolute Gasteiger partial charge is 0.237 e. The molecule has 1 amide bonds. The normalized spacial score (nSPS) is 22.4. The molecule has 7 heteroatoms. The molecule has 1 aliphatic heterocycles. The molecular weight excluding hydrogens is 248 g/mol. The molecule has 0 fully saturated rings. The maximum atomic E-state index is 11.7. The fourth-order valence-corrected chi connectivity index (χ4v) is 1.59. The van der Waals surface area contributed by atoms with Gasteiger partial charge < -0.3 is 20.9 Å². The SMILES string of the molecule is C=CCOC1(C[C@H](N)C(=O)NCCCO)C=NC=N1. The molecule has 106 valence electrons. The third-order valence-electron chi connectivity index (χ3n) is 2.55. The minimum atomic E-state index is -0.984. The third kappa shape index (κ3) is 4.90. The van der Waals surface area contributed by atoms with Crippen molar-refractivity contribution < 1.29 is 14.6 Å². The van der Waals surface area contributed by atoms with E-state index in [1.54, 1.807) is 6.08 Å². The van der Waals surface area contributed by atoms with Crippen LogP contribution in [0.15, 0.2) is 22.6 Å². The summed E-state index contributed by atoms with van der Waals surface area (Å²) in [7, 11) is 0. The first-order valence-electron chi connectivity index (χ1n) is 6.10. The molecule has 19 heavy (non-hydrogen) atoms. The molecule has 7 nitrogen and oxygen atoms in total. The summed E-state index contributed by atoms with van der Waals surface area (Å²) >= 11 is 0. The molecule has 0 aromatic heterocycles. The largest absolute Gasteiger partial charge is 0.396 e. The Morgan fingerprint density at radius 1 is 1.68 bits per heavy atom. The number of amides is 1. The molecule has 1 aliphatic rings. The number of ether oxygens (including phenoxy) is 1. The van der Waals surface area contributed by atoms with Crippen LogP contribution in [0.25, 0.3) is 0 Å². The van der Waals surface area contributed by atoms with E-state index in [1.165, 1.54) is 12.6 Å². The van der Waals surface area contributed by atoms with Crippen LogP contribution in [0.2, 0.25) is 0 Å². The Morgan fingerprint density at radius 2 is 2.47 bits per heavy atom. The summed E-state index contributed by atoms with van der Waals surface area (Å²) in [5.41, 5.74) is 4.84. The van der Waals surface area contributed by atoms with Crippen LogP contribution in [0.3, 0.4) is 0 Å². The first-order chi connectivity index (χ1) is 9.13. The van der Waals surface area contributed by atoms with E-state index in [1.807, 2.05) is 0 Å². The highest BCUT2D eigenvalue weighted by Gasteiger charge is 2.34. The van der Waals surface area contributed by atoms with Crippen LogP contribution in [0, 0.1) is 0 Å². The predicted molar refractivity (Wildman–Crippen MR) is 73.2 cm³/mol. The van der Waals surface area contributed by atoms with Crippen molar-refractivity contribution >= 4 is 18.5 Å². The fraction of sp³-hybridized carbons (Fsp3) is 0.583. The molecule has 0 spiro atoms. The quantitative estimate of drug-likeness (QED) is 0.376. The molecule has 2 atom stereocenters. The van der Waals surface area contributed by atoms with E-state index in [0.717, 1.165) is 0 Å². The van der Waals surface area contributed by atoms with E-state index in [4.69, 9.17) is 15.6 Å². The Hall–Kier alpha value is -1.57. The lowest BCUT2D eigenvalue weighted by atomic mass is 10.0. The van der Waals surface area contributed by atoms with Crippen molar-refractivity contribution in [2.75, 3.05) is 19.8 Å². The summed E-state index contributed by atoms with van der Waals surface area (Å²) in [5.74, 6) is -0.300. The highest BCUT2D eigenvalue weighted by atomic mass is 16.5. The number of aliphatic hydroxyl groups excluding tert-OH is 1. The molecule has 0 saturated heterocycles. The van der Waals surface area contributed by atoms with Gasteiger partial charge in [-0.1, -0.05) is 6.08 Å². The number of carbonyl (C=O) groups is 1. The molecule has 1 heterocycles. The molecule has 0 radical (unpaired) electrons. The van der Waals surface area contributed by atoms with Crippen molar-refractivity contribution in [2.24, 2.45) is 15.7 Å². The zero-order valence-corrected chi connectivity index (χ0v) is 10.8. The van der Waals surface area contributed by atoms with E-state index in [9.17, 15) is 4.79 Å². The van der Waals surface area contributed by atoms with Gasteiger partial charge in [0, 0.05) is 19.6 Å². The highest BCUT2D eigenvalue weighted by molar-refractivity contribution is 5.87. The van der Waals surface area contributed by atoms with Crippen LogP contribution in [-0.2, 0) is 9.53 Å². The molecule has 4 N–H and O–H groups in total. The molecule has 0 aromatic carbocycles. The van der Waals surface area contributed by atoms with Crippen molar-refractivity contribution in [1.29, 1.82) is 0 Å². The lowest BCUT2D eigenvalue weighted by molar-refractivity contribution is -0.123. The summed E-state index contributed by atoms with van der Waals surface area (Å²) in [4.78, 5) is 19.7. The first kappa shape index (κ1) is 15.5. The van der Waals surface area contributed by atoms with Gasteiger partial charge in [0.15, 0.2) is 5.72 Å². The standard InChI is InChI=1S/C12H20N4O3/c1-2-6-19-12(8-14-9-16-12)7-10(13)11(18)15-4-3-5-17/h2,8-10,17H,1,3-7,13H2,(H,15,18)/t10-,12?/m0/s1. The van der Waals surface area contributed by atoms with Gasteiger partial charge in [0.1, 0.15) is 6.34 Å². The molecule has 0 bridgehead atoms. The number of carbonyl (C=O) groups excluding carboxylic acids is 1. The second kappa shape index (κ2) is 7.78. The van der Waals surface area contributed by atoms with E-state index < -0.39 is 11.8 Å². The number of nitrogens with two attached hydrogens (primary N) is 1. The molecule has 1 unspecified atom stereocenters. The molecule has 0 saturated carbocycles. The second-order valence-corrected chi connectivity index (χ2v) is 4.15. The Kier molecular flexibility index (Phi) is 6.34. The number of nitrogens with one attached hydrogen (secondary N) is 1. The van der Waals surface area contributed by atoms with Gasteiger partial charge >= 0.3 is 0 Å². The van der Waals surface area contributed by atoms with Crippen molar-refractivity contribution in [1.82, 2.24) is 5.32 Å². The Bertz CT molecular complexity index is 356. The third-order valence-corrected chi connectivity index (χ3v) is 2.55. The number of rotatable bonds is 9. The van der Waals surface area contributed by atoms with E-state index in [2.05, 4.69) is 21.9 Å². The van der Waals surface area contributed by atoms with Crippen molar-refractivity contribution in [3.63, 3.8) is 0 Å². The first-order valence-corrected chi connectivity index (χ1v) is 6.10. The van der Waals surface area contributed by atoms with Crippen LogP contribution in [0.1, 0.15) is 12.8 Å². The number of nitrogens with zero attached hydrogens (tertiary/aromatic N) is 2. The van der Waals surface area contributed by atoms with Gasteiger partial charge in [0.05, 0.1) is 18.9 Å². The zero-order valence-electron chi connectivity index (χ0n) is 10.8. The lowest BCUT2D eigenvalue weighted by Gasteiger charge is -2.25. The maximum absolute atomic E-state index is 11.7. The van der Waals surface area contributed by atoms with Crippen LogP contribution < -0.4 is 11.1 Å². The average molecular weight is 268 g/mol. The van der Waals surface area contributed by atoms with Crippen LogP contribution in [0.4, 0.5) is 0 Å². The average Bonchev–Trinajstić information content (AvgIpc) is 2.85. The minimum absolute atomic E-state index is 0.0266. The summed E-state index contributed by atoms with van der Waals surface area (Å²) in [6.45, 7) is 4.27. The summed E-state index contributed by atoms with van der Waals surface area (Å²) < 4.78 is 5.52. The Labute approximate surface area is 112 Å². The highest BCUT2D eigenvalue weighted by Crippen LogP contribution is 2.20. The van der Waals surface area contributed by atoms with Gasteiger partial charge in [-0.2, -0.15) is 0 Å². The van der Waals surface area contributed by atoms with Gasteiger partial charge in [-0.15, -0.1) is 6.58 Å². The summed E-state index contributed by atoms with van der Waals surface area (Å²) in [5, 5.41) is 11.3. The number of aliphatic hydroxyl groups is 1. The van der Waals surface area contributed by atoms with Crippen LogP contribution >= 0.6 is 0 Å².